The van der Waals surface area contributed by atoms with Crippen LogP contribution in [0.2, 0.25) is 0 Å². The van der Waals surface area contributed by atoms with E-state index in [1.165, 1.54) is 25.0 Å². The van der Waals surface area contributed by atoms with Crippen LogP contribution < -0.4 is 5.32 Å². The van der Waals surface area contributed by atoms with Gasteiger partial charge in [-0.1, -0.05) is 26.7 Å². The third-order valence-electron chi connectivity index (χ3n) is 4.95. The Kier molecular flexibility index (Phi) is 5.03. The van der Waals surface area contributed by atoms with Crippen LogP contribution >= 0.6 is 0 Å². The number of aromatic nitrogens is 2. The van der Waals surface area contributed by atoms with Crippen LogP contribution in [0.1, 0.15) is 58.2 Å². The molecular formula is C16H29N3. The van der Waals surface area contributed by atoms with Gasteiger partial charge in [0.1, 0.15) is 0 Å². The summed E-state index contributed by atoms with van der Waals surface area (Å²) in [5, 5.41) is 8.27. The molecule has 0 amide bonds. The fourth-order valence-corrected chi connectivity index (χ4v) is 3.38. The summed E-state index contributed by atoms with van der Waals surface area (Å²) in [5.41, 5.74) is 1.23. The Labute approximate surface area is 117 Å². The fourth-order valence-electron chi connectivity index (χ4n) is 3.38. The van der Waals surface area contributed by atoms with Gasteiger partial charge < -0.3 is 5.32 Å². The molecule has 0 saturated heterocycles. The Morgan fingerprint density at radius 1 is 1.47 bits per heavy atom. The van der Waals surface area contributed by atoms with Gasteiger partial charge in [-0.2, -0.15) is 5.10 Å². The van der Waals surface area contributed by atoms with Gasteiger partial charge in [0.15, 0.2) is 0 Å². The zero-order valence-corrected chi connectivity index (χ0v) is 12.9. The molecule has 0 radical (unpaired) electrons. The summed E-state index contributed by atoms with van der Waals surface area (Å²) in [4.78, 5) is 0. The van der Waals surface area contributed by atoms with E-state index in [1.54, 1.807) is 0 Å². The maximum Gasteiger partial charge on any atom is 0.0640 e. The SMILES string of the molecule is CCC(C)n1ccc(CC(NC)C2CCCC2C)n1. The summed E-state index contributed by atoms with van der Waals surface area (Å²) in [6, 6.07) is 3.28. The first-order valence-electron chi connectivity index (χ1n) is 7.87. The van der Waals surface area contributed by atoms with Crippen molar-refractivity contribution in [2.45, 2.75) is 65.0 Å². The normalized spacial score (nSPS) is 26.5. The Morgan fingerprint density at radius 3 is 2.84 bits per heavy atom. The minimum absolute atomic E-state index is 0.507. The molecule has 0 bridgehead atoms. The van der Waals surface area contributed by atoms with Crippen molar-refractivity contribution in [3.05, 3.63) is 18.0 Å². The van der Waals surface area contributed by atoms with E-state index in [-0.39, 0.29) is 0 Å². The molecule has 0 spiro atoms. The minimum atomic E-state index is 0.507. The zero-order valence-electron chi connectivity index (χ0n) is 12.9. The van der Waals surface area contributed by atoms with Crippen LogP contribution in [0.15, 0.2) is 12.3 Å². The monoisotopic (exact) mass is 263 g/mol. The highest BCUT2D eigenvalue weighted by Crippen LogP contribution is 2.34. The van der Waals surface area contributed by atoms with E-state index in [0.717, 1.165) is 24.7 Å². The Morgan fingerprint density at radius 2 is 2.26 bits per heavy atom. The average Bonchev–Trinajstić information content (AvgIpc) is 3.04. The predicted octanol–water partition coefficient (Wildman–Crippen LogP) is 3.42. The fraction of sp³-hybridized carbons (Fsp3) is 0.812. The standard InChI is InChI=1S/C16H29N3/c1-5-13(3)19-10-9-14(18-19)11-16(17-4)15-8-6-7-12(15)2/h9-10,12-13,15-17H,5-8,11H2,1-4H3. The van der Waals surface area contributed by atoms with Gasteiger partial charge in [0, 0.05) is 24.7 Å². The van der Waals surface area contributed by atoms with Crippen molar-refractivity contribution in [2.75, 3.05) is 7.05 Å². The lowest BCUT2D eigenvalue weighted by Crippen LogP contribution is -2.37. The predicted molar refractivity (Wildman–Crippen MR) is 80.3 cm³/mol. The summed E-state index contributed by atoms with van der Waals surface area (Å²) in [6.45, 7) is 6.84. The van der Waals surface area contributed by atoms with Crippen LogP contribution in [-0.2, 0) is 6.42 Å². The maximum atomic E-state index is 4.74. The topological polar surface area (TPSA) is 29.9 Å². The lowest BCUT2D eigenvalue weighted by atomic mass is 9.88. The van der Waals surface area contributed by atoms with Crippen molar-refractivity contribution in [3.8, 4) is 0 Å². The molecule has 19 heavy (non-hydrogen) atoms. The van der Waals surface area contributed by atoms with Crippen molar-refractivity contribution in [1.29, 1.82) is 0 Å². The molecule has 4 unspecified atom stereocenters. The first kappa shape index (κ1) is 14.6. The van der Waals surface area contributed by atoms with Crippen LogP contribution in [-0.4, -0.2) is 22.9 Å². The Hall–Kier alpha value is -0.830. The molecule has 3 heteroatoms. The quantitative estimate of drug-likeness (QED) is 0.852. The number of hydrogen-bond donors (Lipinski definition) is 1. The van der Waals surface area contributed by atoms with Gasteiger partial charge >= 0.3 is 0 Å². The molecule has 108 valence electrons. The van der Waals surface area contributed by atoms with Crippen LogP contribution in [0.25, 0.3) is 0 Å². The summed E-state index contributed by atoms with van der Waals surface area (Å²) in [6.07, 6.45) is 8.49. The highest BCUT2D eigenvalue weighted by Gasteiger charge is 2.30. The van der Waals surface area contributed by atoms with Gasteiger partial charge in [0.25, 0.3) is 0 Å². The molecule has 0 aliphatic heterocycles. The van der Waals surface area contributed by atoms with Gasteiger partial charge in [-0.15, -0.1) is 0 Å². The van der Waals surface area contributed by atoms with Gasteiger partial charge in [-0.05, 0) is 44.7 Å². The second-order valence-corrected chi connectivity index (χ2v) is 6.22. The third-order valence-corrected chi connectivity index (χ3v) is 4.95. The number of rotatable bonds is 6. The second kappa shape index (κ2) is 6.56. The lowest BCUT2D eigenvalue weighted by molar-refractivity contribution is 0.305. The first-order valence-corrected chi connectivity index (χ1v) is 7.87. The van der Waals surface area contributed by atoms with Crippen LogP contribution in [0, 0.1) is 11.8 Å². The molecule has 0 aromatic carbocycles. The van der Waals surface area contributed by atoms with E-state index in [0.29, 0.717) is 12.1 Å². The van der Waals surface area contributed by atoms with Crippen molar-refractivity contribution < 1.29 is 0 Å². The van der Waals surface area contributed by atoms with E-state index in [2.05, 4.69) is 50.1 Å². The Bertz CT molecular complexity index is 385. The highest BCUT2D eigenvalue weighted by molar-refractivity contribution is 5.04. The molecule has 1 saturated carbocycles. The number of likely N-dealkylation sites (N-methyl/N-ethyl adjacent to an activating group) is 1. The van der Waals surface area contributed by atoms with Crippen LogP contribution in [0.4, 0.5) is 0 Å². The Balaban J connectivity index is 2.00. The summed E-state index contributed by atoms with van der Waals surface area (Å²) in [5.74, 6) is 1.67. The van der Waals surface area contributed by atoms with Crippen molar-refractivity contribution in [3.63, 3.8) is 0 Å². The lowest BCUT2D eigenvalue weighted by Gasteiger charge is -2.26. The van der Waals surface area contributed by atoms with Crippen molar-refractivity contribution >= 4 is 0 Å². The van der Waals surface area contributed by atoms with E-state index < -0.39 is 0 Å². The highest BCUT2D eigenvalue weighted by atomic mass is 15.3. The van der Waals surface area contributed by atoms with Crippen molar-refractivity contribution in [1.82, 2.24) is 15.1 Å². The number of nitrogens with zero attached hydrogens (tertiary/aromatic N) is 2. The second-order valence-electron chi connectivity index (χ2n) is 6.22. The van der Waals surface area contributed by atoms with E-state index in [1.807, 2.05) is 0 Å². The average molecular weight is 263 g/mol. The summed E-state index contributed by atoms with van der Waals surface area (Å²) < 4.78 is 2.11. The van der Waals surface area contributed by atoms with Crippen molar-refractivity contribution in [2.24, 2.45) is 11.8 Å². The molecule has 3 nitrogen and oxygen atoms in total. The van der Waals surface area contributed by atoms with Gasteiger partial charge in [-0.3, -0.25) is 4.68 Å². The molecule has 1 aromatic heterocycles. The van der Waals surface area contributed by atoms with E-state index >= 15 is 0 Å². The van der Waals surface area contributed by atoms with Gasteiger partial charge in [0.2, 0.25) is 0 Å². The molecule has 4 atom stereocenters. The van der Waals surface area contributed by atoms with E-state index in [4.69, 9.17) is 5.10 Å². The molecule has 1 aromatic rings. The molecule has 1 heterocycles. The van der Waals surface area contributed by atoms with Gasteiger partial charge in [-0.25, -0.2) is 0 Å². The third kappa shape index (κ3) is 3.38. The zero-order chi connectivity index (χ0) is 13.8. The molecular weight excluding hydrogens is 234 g/mol. The smallest absolute Gasteiger partial charge is 0.0640 e. The molecule has 1 aliphatic rings. The largest absolute Gasteiger partial charge is 0.316 e. The van der Waals surface area contributed by atoms with E-state index in [9.17, 15) is 0 Å². The molecule has 1 fully saturated rings. The molecule has 2 rings (SSSR count). The minimum Gasteiger partial charge on any atom is -0.316 e. The molecule has 1 aliphatic carbocycles. The van der Waals surface area contributed by atoms with Crippen LogP contribution in [0.3, 0.4) is 0 Å². The maximum absolute atomic E-state index is 4.74. The van der Waals surface area contributed by atoms with Crippen LogP contribution in [0.5, 0.6) is 0 Å². The summed E-state index contributed by atoms with van der Waals surface area (Å²) >= 11 is 0. The number of hydrogen-bond acceptors (Lipinski definition) is 2. The number of nitrogens with one attached hydrogen (secondary N) is 1. The first-order chi connectivity index (χ1) is 9.15. The van der Waals surface area contributed by atoms with Gasteiger partial charge in [0.05, 0.1) is 5.69 Å². The molecule has 1 N–H and O–H groups in total. The summed E-state index contributed by atoms with van der Waals surface area (Å²) in [7, 11) is 2.10.